The molecular weight excluding hydrogens is 174 g/mol. The zero-order valence-electron chi connectivity index (χ0n) is 7.20. The largest absolute Gasteiger partial charge is 0.480 e. The Morgan fingerprint density at radius 3 is 2.08 bits per heavy atom. The topological polar surface area (TPSA) is 101 Å². The monoisotopic (exact) mass is 185 g/mol. The second kappa shape index (κ2) is 4.48. The Labute approximate surface area is 75.5 Å². The van der Waals surface area contributed by atoms with Crippen molar-refractivity contribution in [1.82, 2.24) is 0 Å². The minimum Gasteiger partial charge on any atom is -0.480 e. The van der Waals surface area contributed by atoms with Gasteiger partial charge in [0, 0.05) is 6.42 Å². The van der Waals surface area contributed by atoms with Crippen LogP contribution in [0, 0.1) is 17.3 Å². The van der Waals surface area contributed by atoms with Crippen molar-refractivity contribution >= 4 is 11.9 Å². The highest BCUT2D eigenvalue weighted by molar-refractivity contribution is 5.98. The summed E-state index contributed by atoms with van der Waals surface area (Å²) in [5.41, 5.74) is 3.20. The first-order valence-electron chi connectivity index (χ1n) is 3.57. The molecule has 5 nitrogen and oxygen atoms in total. The number of carboxylic acid groups (broad SMARTS) is 2. The smallest absolute Gasteiger partial charge is 0.321 e. The first kappa shape index (κ1) is 11.5. The van der Waals surface area contributed by atoms with E-state index >= 15 is 0 Å². The van der Waals surface area contributed by atoms with Crippen LogP contribution in [0.15, 0.2) is 0 Å². The molecule has 0 bridgehead atoms. The third-order valence-corrected chi connectivity index (χ3v) is 1.61. The summed E-state index contributed by atoms with van der Waals surface area (Å²) in [6, 6.07) is 0. The van der Waals surface area contributed by atoms with Crippen LogP contribution in [0.3, 0.4) is 0 Å². The molecule has 0 radical (unpaired) electrons. The highest BCUT2D eigenvalue weighted by Gasteiger charge is 2.40. The van der Waals surface area contributed by atoms with Crippen LogP contribution in [0.4, 0.5) is 0 Å². The Hall–Kier alpha value is -1.54. The number of carboxylic acids is 2. The maximum atomic E-state index is 10.6. The lowest BCUT2D eigenvalue weighted by Crippen LogP contribution is -2.35. The summed E-state index contributed by atoms with van der Waals surface area (Å²) in [5, 5.41) is 17.2. The maximum Gasteiger partial charge on any atom is 0.321 e. The van der Waals surface area contributed by atoms with Crippen LogP contribution < -0.4 is 5.73 Å². The minimum atomic E-state index is -1.85. The van der Waals surface area contributed by atoms with Crippen LogP contribution in [0.2, 0.25) is 0 Å². The molecular formula is C8H11NO4. The molecule has 0 spiro atoms. The van der Waals surface area contributed by atoms with E-state index in [9.17, 15) is 9.59 Å². The summed E-state index contributed by atoms with van der Waals surface area (Å²) >= 11 is 0. The second-order valence-corrected chi connectivity index (χ2v) is 2.68. The van der Waals surface area contributed by atoms with Gasteiger partial charge in [-0.05, 0) is 6.92 Å². The summed E-state index contributed by atoms with van der Waals surface area (Å²) in [4.78, 5) is 21.2. The van der Waals surface area contributed by atoms with Crippen molar-refractivity contribution in [2.45, 2.75) is 13.3 Å². The molecule has 72 valence electrons. The zero-order chi connectivity index (χ0) is 10.5. The molecule has 5 heteroatoms. The quantitative estimate of drug-likeness (QED) is 0.407. The molecule has 0 saturated carbocycles. The van der Waals surface area contributed by atoms with Crippen molar-refractivity contribution in [1.29, 1.82) is 0 Å². The van der Waals surface area contributed by atoms with Crippen molar-refractivity contribution in [3.63, 3.8) is 0 Å². The normalized spacial score (nSPS) is 10.0. The lowest BCUT2D eigenvalue weighted by atomic mass is 9.87. The molecule has 0 saturated heterocycles. The summed E-state index contributed by atoms with van der Waals surface area (Å²) in [7, 11) is 0. The van der Waals surface area contributed by atoms with Crippen LogP contribution in [0.25, 0.3) is 0 Å². The van der Waals surface area contributed by atoms with E-state index in [-0.39, 0.29) is 13.0 Å². The molecule has 0 rings (SSSR count). The van der Waals surface area contributed by atoms with Crippen molar-refractivity contribution in [2.24, 2.45) is 11.1 Å². The van der Waals surface area contributed by atoms with Gasteiger partial charge >= 0.3 is 11.9 Å². The lowest BCUT2D eigenvalue weighted by Gasteiger charge is -2.15. The molecule has 0 fully saturated rings. The lowest BCUT2D eigenvalue weighted by molar-refractivity contribution is -0.162. The molecule has 0 heterocycles. The predicted octanol–water partition coefficient (Wildman–Crippen LogP) is -0.486. The van der Waals surface area contributed by atoms with Crippen LogP contribution in [-0.2, 0) is 9.59 Å². The van der Waals surface area contributed by atoms with Crippen molar-refractivity contribution < 1.29 is 19.8 Å². The van der Waals surface area contributed by atoms with Crippen molar-refractivity contribution in [2.75, 3.05) is 6.54 Å². The van der Waals surface area contributed by atoms with E-state index in [4.69, 9.17) is 15.9 Å². The second-order valence-electron chi connectivity index (χ2n) is 2.68. The summed E-state index contributed by atoms with van der Waals surface area (Å²) in [6.07, 6.45) is -0.241. The van der Waals surface area contributed by atoms with Gasteiger partial charge in [-0.3, -0.25) is 9.59 Å². The average Bonchev–Trinajstić information content (AvgIpc) is 2.03. The van der Waals surface area contributed by atoms with E-state index in [1.165, 1.54) is 0 Å². The number of carbonyl (C=O) groups is 2. The van der Waals surface area contributed by atoms with Gasteiger partial charge in [0.05, 0.1) is 6.54 Å². The first-order valence-corrected chi connectivity index (χ1v) is 3.57. The van der Waals surface area contributed by atoms with Crippen LogP contribution >= 0.6 is 0 Å². The summed E-state index contributed by atoms with van der Waals surface area (Å²) in [5.74, 6) is 2.02. The van der Waals surface area contributed by atoms with E-state index in [1.54, 1.807) is 0 Å². The fourth-order valence-corrected chi connectivity index (χ4v) is 0.554. The minimum absolute atomic E-state index is 0.0926. The molecule has 4 N–H and O–H groups in total. The standard InChI is InChI=1S/C8H11NO4/c1-8(6(10)11,7(12)13)4-2-3-5-9/h4-5,9H2,1H3,(H,10,11)(H,12,13). The molecule has 0 amide bonds. The Balaban J connectivity index is 4.62. The highest BCUT2D eigenvalue weighted by atomic mass is 16.4. The van der Waals surface area contributed by atoms with E-state index in [0.29, 0.717) is 0 Å². The molecule has 0 atom stereocenters. The Morgan fingerprint density at radius 2 is 1.77 bits per heavy atom. The van der Waals surface area contributed by atoms with E-state index in [0.717, 1.165) is 6.92 Å². The Kier molecular flexibility index (Phi) is 3.95. The molecule has 0 aromatic carbocycles. The number of hydrogen-bond donors (Lipinski definition) is 3. The van der Waals surface area contributed by atoms with Gasteiger partial charge in [-0.25, -0.2) is 0 Å². The van der Waals surface area contributed by atoms with E-state index in [2.05, 4.69) is 11.8 Å². The van der Waals surface area contributed by atoms with Crippen LogP contribution in [-0.4, -0.2) is 28.7 Å². The van der Waals surface area contributed by atoms with Crippen LogP contribution in [0.1, 0.15) is 13.3 Å². The molecule has 0 unspecified atom stereocenters. The first-order chi connectivity index (χ1) is 5.95. The third kappa shape index (κ3) is 2.76. The Morgan fingerprint density at radius 1 is 1.31 bits per heavy atom. The average molecular weight is 185 g/mol. The number of rotatable bonds is 3. The van der Waals surface area contributed by atoms with Gasteiger partial charge in [0.1, 0.15) is 0 Å². The molecule has 0 aliphatic carbocycles. The van der Waals surface area contributed by atoms with Gasteiger partial charge in [-0.2, -0.15) is 0 Å². The SMILES string of the molecule is CC(CC#CCN)(C(=O)O)C(=O)O. The number of nitrogens with two attached hydrogens (primary N) is 1. The van der Waals surface area contributed by atoms with Crippen LogP contribution in [0.5, 0.6) is 0 Å². The van der Waals surface area contributed by atoms with Gasteiger partial charge in [-0.15, -0.1) is 5.92 Å². The highest BCUT2D eigenvalue weighted by Crippen LogP contribution is 2.21. The van der Waals surface area contributed by atoms with Crippen molar-refractivity contribution in [3.8, 4) is 11.8 Å². The fourth-order valence-electron chi connectivity index (χ4n) is 0.554. The predicted molar refractivity (Wildman–Crippen MR) is 44.8 cm³/mol. The molecule has 0 aliphatic heterocycles. The zero-order valence-corrected chi connectivity index (χ0v) is 7.20. The van der Waals surface area contributed by atoms with Gasteiger partial charge in [0.15, 0.2) is 5.41 Å². The maximum absolute atomic E-state index is 10.6. The summed E-state index contributed by atoms with van der Waals surface area (Å²) in [6.45, 7) is 1.21. The molecule has 0 aromatic heterocycles. The number of hydrogen-bond acceptors (Lipinski definition) is 3. The Bertz CT molecular complexity index is 260. The number of aliphatic carboxylic acids is 2. The third-order valence-electron chi connectivity index (χ3n) is 1.61. The summed E-state index contributed by atoms with van der Waals surface area (Å²) < 4.78 is 0. The van der Waals surface area contributed by atoms with Gasteiger partial charge in [0.2, 0.25) is 0 Å². The van der Waals surface area contributed by atoms with E-state index < -0.39 is 17.4 Å². The fraction of sp³-hybridized carbons (Fsp3) is 0.500. The molecule has 0 aliphatic rings. The van der Waals surface area contributed by atoms with Gasteiger partial charge in [0.25, 0.3) is 0 Å². The van der Waals surface area contributed by atoms with E-state index in [1.807, 2.05) is 0 Å². The van der Waals surface area contributed by atoms with Gasteiger partial charge in [-0.1, -0.05) is 5.92 Å². The van der Waals surface area contributed by atoms with Gasteiger partial charge < -0.3 is 15.9 Å². The molecule has 0 aromatic rings. The molecule has 13 heavy (non-hydrogen) atoms. The van der Waals surface area contributed by atoms with Crippen molar-refractivity contribution in [3.05, 3.63) is 0 Å².